The molecule has 29 heavy (non-hydrogen) atoms. The molecule has 0 radical (unpaired) electrons. The summed E-state index contributed by atoms with van der Waals surface area (Å²) in [6.07, 6.45) is 0.116. The summed E-state index contributed by atoms with van der Waals surface area (Å²) in [5, 5.41) is 2.76. The third kappa shape index (κ3) is 4.41. The number of ether oxygens (including phenoxy) is 1. The Labute approximate surface area is 170 Å². The Bertz CT molecular complexity index is 1000. The van der Waals surface area contributed by atoms with Gasteiger partial charge in [-0.3, -0.25) is 9.59 Å². The Morgan fingerprint density at radius 1 is 1.10 bits per heavy atom. The minimum atomic E-state index is -3.53. The standard InChI is InChI=1S/C20H23N3O5S/c1-22(2)29(26,27)18-10-4-15(5-11-18)21-20(25)14-12-19(24)23(13-14)16-6-8-17(28-3)9-7-16/h4-11,14H,12-13H2,1-3H3,(H,21,25). The molecule has 1 aliphatic rings. The van der Waals surface area contributed by atoms with Crippen molar-refractivity contribution >= 4 is 33.2 Å². The van der Waals surface area contributed by atoms with E-state index in [1.54, 1.807) is 36.3 Å². The van der Waals surface area contributed by atoms with Gasteiger partial charge in [-0.25, -0.2) is 12.7 Å². The Morgan fingerprint density at radius 3 is 2.28 bits per heavy atom. The number of nitrogens with one attached hydrogen (secondary N) is 1. The molecule has 1 saturated heterocycles. The van der Waals surface area contributed by atoms with Crippen LogP contribution in [0, 0.1) is 5.92 Å². The summed E-state index contributed by atoms with van der Waals surface area (Å²) in [6.45, 7) is 0.282. The van der Waals surface area contributed by atoms with Crippen molar-refractivity contribution in [1.29, 1.82) is 0 Å². The van der Waals surface area contributed by atoms with Crippen LogP contribution in [0.4, 0.5) is 11.4 Å². The number of sulfonamides is 1. The van der Waals surface area contributed by atoms with E-state index < -0.39 is 15.9 Å². The topological polar surface area (TPSA) is 96.0 Å². The van der Waals surface area contributed by atoms with Crippen LogP contribution in [0.15, 0.2) is 53.4 Å². The maximum Gasteiger partial charge on any atom is 0.242 e. The van der Waals surface area contributed by atoms with Gasteiger partial charge in [0.1, 0.15) is 5.75 Å². The third-order valence-corrected chi connectivity index (χ3v) is 6.61. The van der Waals surface area contributed by atoms with Crippen molar-refractivity contribution in [1.82, 2.24) is 4.31 Å². The fourth-order valence-electron chi connectivity index (χ4n) is 3.06. The molecular formula is C20H23N3O5S. The van der Waals surface area contributed by atoms with E-state index in [1.807, 2.05) is 0 Å². The molecule has 0 spiro atoms. The lowest BCUT2D eigenvalue weighted by Gasteiger charge is -2.17. The number of hydrogen-bond donors (Lipinski definition) is 1. The van der Waals surface area contributed by atoms with Crippen LogP contribution in [0.2, 0.25) is 0 Å². The molecule has 2 aromatic carbocycles. The van der Waals surface area contributed by atoms with E-state index in [0.717, 1.165) is 4.31 Å². The van der Waals surface area contributed by atoms with Gasteiger partial charge in [0.2, 0.25) is 21.8 Å². The van der Waals surface area contributed by atoms with Crippen molar-refractivity contribution < 1.29 is 22.7 Å². The molecule has 1 heterocycles. The summed E-state index contributed by atoms with van der Waals surface area (Å²) in [6, 6.07) is 13.0. The Morgan fingerprint density at radius 2 is 1.72 bits per heavy atom. The lowest BCUT2D eigenvalue weighted by Crippen LogP contribution is -2.28. The van der Waals surface area contributed by atoms with Crippen molar-refractivity contribution in [3.63, 3.8) is 0 Å². The van der Waals surface area contributed by atoms with E-state index in [0.29, 0.717) is 17.1 Å². The van der Waals surface area contributed by atoms with Crippen molar-refractivity contribution in [3.8, 4) is 5.75 Å². The average Bonchev–Trinajstić information content (AvgIpc) is 3.10. The lowest BCUT2D eigenvalue weighted by atomic mass is 10.1. The maximum atomic E-state index is 12.6. The molecule has 1 unspecified atom stereocenters. The molecule has 0 saturated carbocycles. The van der Waals surface area contributed by atoms with Gasteiger partial charge in [-0.1, -0.05) is 0 Å². The molecule has 1 aliphatic heterocycles. The monoisotopic (exact) mass is 417 g/mol. The van der Waals surface area contributed by atoms with Crippen molar-refractivity contribution in [2.24, 2.45) is 5.92 Å². The average molecular weight is 417 g/mol. The molecule has 8 nitrogen and oxygen atoms in total. The van der Waals surface area contributed by atoms with Crippen LogP contribution in [-0.4, -0.2) is 52.3 Å². The first kappa shape index (κ1) is 20.8. The number of rotatable bonds is 6. The van der Waals surface area contributed by atoms with Gasteiger partial charge >= 0.3 is 0 Å². The van der Waals surface area contributed by atoms with Crippen LogP contribution >= 0.6 is 0 Å². The number of anilines is 2. The molecule has 0 bridgehead atoms. The SMILES string of the molecule is COc1ccc(N2CC(C(=O)Nc3ccc(S(=O)(=O)N(C)C)cc3)CC2=O)cc1. The predicted molar refractivity (Wildman–Crippen MR) is 109 cm³/mol. The van der Waals surface area contributed by atoms with Gasteiger partial charge in [-0.15, -0.1) is 0 Å². The molecule has 1 atom stereocenters. The van der Waals surface area contributed by atoms with Gasteiger partial charge in [0.05, 0.1) is 17.9 Å². The number of nitrogens with zero attached hydrogens (tertiary/aromatic N) is 2. The Balaban J connectivity index is 1.66. The van der Waals surface area contributed by atoms with E-state index in [1.165, 1.54) is 38.4 Å². The summed E-state index contributed by atoms with van der Waals surface area (Å²) in [5.41, 5.74) is 1.19. The summed E-state index contributed by atoms with van der Waals surface area (Å²) >= 11 is 0. The smallest absolute Gasteiger partial charge is 0.242 e. The first-order valence-corrected chi connectivity index (χ1v) is 10.4. The van der Waals surface area contributed by atoms with Crippen LogP contribution in [0.25, 0.3) is 0 Å². The lowest BCUT2D eigenvalue weighted by molar-refractivity contribution is -0.122. The molecular weight excluding hydrogens is 394 g/mol. The second-order valence-electron chi connectivity index (χ2n) is 6.90. The number of benzene rings is 2. The normalized spacial score (nSPS) is 16.9. The first-order chi connectivity index (χ1) is 13.7. The quantitative estimate of drug-likeness (QED) is 0.775. The summed E-state index contributed by atoms with van der Waals surface area (Å²) in [4.78, 5) is 26.7. The molecule has 3 rings (SSSR count). The van der Waals surface area contributed by atoms with Crippen LogP contribution in [-0.2, 0) is 19.6 Å². The van der Waals surface area contributed by atoms with Crippen LogP contribution in [0.1, 0.15) is 6.42 Å². The number of hydrogen-bond acceptors (Lipinski definition) is 5. The fourth-order valence-corrected chi connectivity index (χ4v) is 3.96. The van der Waals surface area contributed by atoms with E-state index in [4.69, 9.17) is 4.74 Å². The van der Waals surface area contributed by atoms with Gasteiger partial charge in [0.25, 0.3) is 0 Å². The zero-order chi connectivity index (χ0) is 21.2. The molecule has 154 valence electrons. The van der Waals surface area contributed by atoms with Crippen molar-refractivity contribution in [3.05, 3.63) is 48.5 Å². The molecule has 0 aliphatic carbocycles. The number of carbonyl (C=O) groups excluding carboxylic acids is 2. The predicted octanol–water partition coefficient (Wildman–Crippen LogP) is 1.94. The molecule has 2 amide bonds. The second kappa shape index (κ2) is 8.22. The van der Waals surface area contributed by atoms with Gasteiger partial charge in [0.15, 0.2) is 0 Å². The molecule has 9 heteroatoms. The van der Waals surface area contributed by atoms with Gasteiger partial charge in [-0.2, -0.15) is 0 Å². The largest absolute Gasteiger partial charge is 0.497 e. The first-order valence-electron chi connectivity index (χ1n) is 9.00. The van der Waals surface area contributed by atoms with Gasteiger partial charge < -0.3 is 15.0 Å². The minimum Gasteiger partial charge on any atom is -0.497 e. The highest BCUT2D eigenvalue weighted by Crippen LogP contribution is 2.27. The zero-order valence-electron chi connectivity index (χ0n) is 16.5. The van der Waals surface area contributed by atoms with Crippen LogP contribution < -0.4 is 15.0 Å². The minimum absolute atomic E-state index is 0.116. The molecule has 1 fully saturated rings. The van der Waals surface area contributed by atoms with Crippen molar-refractivity contribution in [2.45, 2.75) is 11.3 Å². The van der Waals surface area contributed by atoms with Gasteiger partial charge in [-0.05, 0) is 48.5 Å². The van der Waals surface area contributed by atoms with E-state index in [-0.39, 0.29) is 29.7 Å². The number of carbonyl (C=O) groups is 2. The number of methoxy groups -OCH3 is 1. The molecule has 0 aromatic heterocycles. The Kier molecular flexibility index (Phi) is 5.90. The summed E-state index contributed by atoms with van der Waals surface area (Å²) < 4.78 is 30.5. The van der Waals surface area contributed by atoms with Crippen LogP contribution in [0.3, 0.4) is 0 Å². The van der Waals surface area contributed by atoms with E-state index in [9.17, 15) is 18.0 Å². The van der Waals surface area contributed by atoms with E-state index >= 15 is 0 Å². The third-order valence-electron chi connectivity index (χ3n) is 4.78. The molecule has 1 N–H and O–H groups in total. The van der Waals surface area contributed by atoms with Gasteiger partial charge in [0, 0.05) is 38.4 Å². The summed E-state index contributed by atoms with van der Waals surface area (Å²) in [7, 11) is 0.951. The highest BCUT2D eigenvalue weighted by molar-refractivity contribution is 7.89. The van der Waals surface area contributed by atoms with E-state index in [2.05, 4.69) is 5.32 Å². The molecule has 2 aromatic rings. The zero-order valence-corrected chi connectivity index (χ0v) is 17.3. The maximum absolute atomic E-state index is 12.6. The highest BCUT2D eigenvalue weighted by Gasteiger charge is 2.35. The summed E-state index contributed by atoms with van der Waals surface area (Å²) in [5.74, 6) is -0.204. The Hall–Kier alpha value is -2.91. The highest BCUT2D eigenvalue weighted by atomic mass is 32.2. The van der Waals surface area contributed by atoms with Crippen molar-refractivity contribution in [2.75, 3.05) is 38.0 Å². The number of amides is 2. The van der Waals surface area contributed by atoms with Crippen LogP contribution in [0.5, 0.6) is 5.75 Å². The fraction of sp³-hybridized carbons (Fsp3) is 0.300. The second-order valence-corrected chi connectivity index (χ2v) is 9.06.